The van der Waals surface area contributed by atoms with Gasteiger partial charge in [-0.1, -0.05) is 19.1 Å². The number of nitrogens with one attached hydrogen (secondary N) is 1. The standard InChI is InChI=1S/C19H21F3N2O2/c1-2-24-10-4-7-15(24)12-23-18(25)17-9-8-16(26-17)13-5-3-6-14(11-13)19(20,21)22/h3,5-6,8-9,11,15H,2,4,7,10,12H2,1H3,(H,23,25). The highest BCUT2D eigenvalue weighted by molar-refractivity contribution is 5.92. The summed E-state index contributed by atoms with van der Waals surface area (Å²) >= 11 is 0. The molecule has 0 spiro atoms. The van der Waals surface area contributed by atoms with E-state index in [1.54, 1.807) is 0 Å². The van der Waals surface area contributed by atoms with E-state index >= 15 is 0 Å². The Kier molecular flexibility index (Phi) is 5.36. The molecular formula is C19H21F3N2O2. The first kappa shape index (κ1) is 18.5. The first-order chi connectivity index (χ1) is 12.4. The van der Waals surface area contributed by atoms with E-state index in [0.717, 1.165) is 38.1 Å². The van der Waals surface area contributed by atoms with Crippen LogP contribution in [0.2, 0.25) is 0 Å². The van der Waals surface area contributed by atoms with Crippen LogP contribution in [0, 0.1) is 0 Å². The van der Waals surface area contributed by atoms with Crippen molar-refractivity contribution in [2.75, 3.05) is 19.6 Å². The van der Waals surface area contributed by atoms with Crippen LogP contribution >= 0.6 is 0 Å². The number of amides is 1. The fraction of sp³-hybridized carbons (Fsp3) is 0.421. The lowest BCUT2D eigenvalue weighted by Gasteiger charge is -2.22. The highest BCUT2D eigenvalue weighted by atomic mass is 19.4. The molecule has 1 aromatic heterocycles. The molecule has 1 N–H and O–H groups in total. The molecule has 0 radical (unpaired) electrons. The molecule has 140 valence electrons. The molecule has 0 saturated carbocycles. The first-order valence-corrected chi connectivity index (χ1v) is 8.68. The topological polar surface area (TPSA) is 45.5 Å². The highest BCUT2D eigenvalue weighted by Crippen LogP contribution is 2.32. The van der Waals surface area contributed by atoms with E-state index in [-0.39, 0.29) is 23.0 Å². The van der Waals surface area contributed by atoms with Crippen LogP contribution in [-0.4, -0.2) is 36.5 Å². The molecule has 7 heteroatoms. The van der Waals surface area contributed by atoms with Crippen molar-refractivity contribution >= 4 is 5.91 Å². The van der Waals surface area contributed by atoms with Crippen LogP contribution in [0.4, 0.5) is 13.2 Å². The Morgan fingerprint density at radius 3 is 2.85 bits per heavy atom. The maximum Gasteiger partial charge on any atom is 0.416 e. The van der Waals surface area contributed by atoms with Crippen molar-refractivity contribution in [1.82, 2.24) is 10.2 Å². The number of nitrogens with zero attached hydrogens (tertiary/aromatic N) is 1. The maximum absolute atomic E-state index is 12.8. The SMILES string of the molecule is CCN1CCCC1CNC(=O)c1ccc(-c2cccc(C(F)(F)F)c2)o1. The molecule has 3 rings (SSSR count). The van der Waals surface area contributed by atoms with Gasteiger partial charge in [0.1, 0.15) is 5.76 Å². The third-order valence-electron chi connectivity index (χ3n) is 4.71. The average Bonchev–Trinajstić information content (AvgIpc) is 3.28. The molecule has 0 aliphatic carbocycles. The Morgan fingerprint density at radius 2 is 2.12 bits per heavy atom. The van der Waals surface area contributed by atoms with Gasteiger partial charge in [-0.2, -0.15) is 13.2 Å². The molecule has 1 aliphatic heterocycles. The second-order valence-electron chi connectivity index (χ2n) is 6.38. The number of carbonyl (C=O) groups excluding carboxylic acids is 1. The number of likely N-dealkylation sites (tertiary alicyclic amines) is 1. The lowest BCUT2D eigenvalue weighted by molar-refractivity contribution is -0.137. The van der Waals surface area contributed by atoms with Gasteiger partial charge in [0.2, 0.25) is 0 Å². The van der Waals surface area contributed by atoms with Crippen molar-refractivity contribution in [3.63, 3.8) is 0 Å². The minimum Gasteiger partial charge on any atom is -0.451 e. The second kappa shape index (κ2) is 7.53. The number of furan rings is 1. The summed E-state index contributed by atoms with van der Waals surface area (Å²) in [6.07, 6.45) is -2.26. The Morgan fingerprint density at radius 1 is 1.31 bits per heavy atom. The van der Waals surface area contributed by atoms with Gasteiger partial charge in [-0.15, -0.1) is 0 Å². The summed E-state index contributed by atoms with van der Waals surface area (Å²) in [6.45, 7) is 4.61. The van der Waals surface area contributed by atoms with Crippen LogP contribution in [-0.2, 0) is 6.18 Å². The van der Waals surface area contributed by atoms with E-state index in [4.69, 9.17) is 4.42 Å². The Bertz CT molecular complexity index is 770. The van der Waals surface area contributed by atoms with Gasteiger partial charge in [0, 0.05) is 18.2 Å². The van der Waals surface area contributed by atoms with E-state index in [1.165, 1.54) is 24.3 Å². The summed E-state index contributed by atoms with van der Waals surface area (Å²) in [5.74, 6) is -0.0260. The molecule has 1 unspecified atom stereocenters. The highest BCUT2D eigenvalue weighted by Gasteiger charge is 2.30. The number of benzene rings is 1. The smallest absolute Gasteiger partial charge is 0.416 e. The van der Waals surface area contributed by atoms with Crippen molar-refractivity contribution < 1.29 is 22.4 Å². The van der Waals surface area contributed by atoms with Crippen LogP contribution in [0.15, 0.2) is 40.8 Å². The van der Waals surface area contributed by atoms with E-state index in [1.807, 2.05) is 0 Å². The van der Waals surface area contributed by atoms with Crippen molar-refractivity contribution in [2.24, 2.45) is 0 Å². The minimum atomic E-state index is -4.42. The lowest BCUT2D eigenvalue weighted by Crippen LogP contribution is -2.39. The molecular weight excluding hydrogens is 345 g/mol. The Labute approximate surface area is 150 Å². The molecule has 1 aliphatic rings. The van der Waals surface area contributed by atoms with Crippen molar-refractivity contribution in [2.45, 2.75) is 32.0 Å². The molecule has 1 amide bonds. The van der Waals surface area contributed by atoms with Gasteiger partial charge in [0.15, 0.2) is 5.76 Å². The van der Waals surface area contributed by atoms with Gasteiger partial charge in [-0.25, -0.2) is 0 Å². The van der Waals surface area contributed by atoms with Crippen LogP contribution in [0.5, 0.6) is 0 Å². The van der Waals surface area contributed by atoms with Crippen LogP contribution in [0.25, 0.3) is 11.3 Å². The Hall–Kier alpha value is -2.28. The van der Waals surface area contributed by atoms with Crippen LogP contribution in [0.3, 0.4) is 0 Å². The summed E-state index contributed by atoms with van der Waals surface area (Å²) in [5.41, 5.74) is -0.467. The molecule has 2 heterocycles. The van der Waals surface area contributed by atoms with Crippen molar-refractivity contribution in [1.29, 1.82) is 0 Å². The average molecular weight is 366 g/mol. The molecule has 0 bridgehead atoms. The summed E-state index contributed by atoms with van der Waals surface area (Å²) in [4.78, 5) is 14.6. The zero-order valence-electron chi connectivity index (χ0n) is 14.5. The molecule has 1 aromatic carbocycles. The zero-order chi connectivity index (χ0) is 18.7. The zero-order valence-corrected chi connectivity index (χ0v) is 14.5. The summed E-state index contributed by atoms with van der Waals surface area (Å²) in [6, 6.07) is 8.17. The van der Waals surface area contributed by atoms with Gasteiger partial charge in [0.05, 0.1) is 5.56 Å². The fourth-order valence-corrected chi connectivity index (χ4v) is 3.30. The minimum absolute atomic E-state index is 0.0958. The Balaban J connectivity index is 1.67. The van der Waals surface area contributed by atoms with Gasteiger partial charge < -0.3 is 9.73 Å². The number of carbonyl (C=O) groups is 1. The van der Waals surface area contributed by atoms with E-state index < -0.39 is 11.7 Å². The predicted octanol–water partition coefficient (Wildman–Crippen LogP) is 4.18. The number of halogens is 3. The van der Waals surface area contributed by atoms with Crippen LogP contribution < -0.4 is 5.32 Å². The predicted molar refractivity (Wildman–Crippen MR) is 91.7 cm³/mol. The van der Waals surface area contributed by atoms with Crippen molar-refractivity contribution in [3.8, 4) is 11.3 Å². The summed E-state index contributed by atoms with van der Waals surface area (Å²) < 4.78 is 44.0. The third-order valence-corrected chi connectivity index (χ3v) is 4.71. The fourth-order valence-electron chi connectivity index (χ4n) is 3.30. The molecule has 2 aromatic rings. The molecule has 26 heavy (non-hydrogen) atoms. The second-order valence-corrected chi connectivity index (χ2v) is 6.38. The summed E-state index contributed by atoms with van der Waals surface area (Å²) in [5, 5.41) is 2.85. The lowest BCUT2D eigenvalue weighted by atomic mass is 10.1. The number of rotatable bonds is 5. The van der Waals surface area contributed by atoms with E-state index in [9.17, 15) is 18.0 Å². The first-order valence-electron chi connectivity index (χ1n) is 8.68. The van der Waals surface area contributed by atoms with E-state index in [0.29, 0.717) is 12.6 Å². The van der Waals surface area contributed by atoms with Gasteiger partial charge in [-0.05, 0) is 50.2 Å². The third kappa shape index (κ3) is 4.09. The molecule has 1 saturated heterocycles. The van der Waals surface area contributed by atoms with E-state index in [2.05, 4.69) is 17.1 Å². The number of hydrogen-bond acceptors (Lipinski definition) is 3. The molecule has 4 nitrogen and oxygen atoms in total. The molecule has 1 fully saturated rings. The number of alkyl halides is 3. The number of hydrogen-bond donors (Lipinski definition) is 1. The monoisotopic (exact) mass is 366 g/mol. The largest absolute Gasteiger partial charge is 0.451 e. The quantitative estimate of drug-likeness (QED) is 0.864. The normalized spacial score (nSPS) is 18.2. The van der Waals surface area contributed by atoms with Gasteiger partial charge in [0.25, 0.3) is 5.91 Å². The molecule has 1 atom stereocenters. The maximum atomic E-state index is 12.8. The van der Waals surface area contributed by atoms with Crippen molar-refractivity contribution in [3.05, 3.63) is 47.7 Å². The number of likely N-dealkylation sites (N-methyl/N-ethyl adjacent to an activating group) is 1. The van der Waals surface area contributed by atoms with Crippen LogP contribution in [0.1, 0.15) is 35.9 Å². The van der Waals surface area contributed by atoms with Gasteiger partial charge in [-0.3, -0.25) is 9.69 Å². The summed E-state index contributed by atoms with van der Waals surface area (Å²) in [7, 11) is 0. The van der Waals surface area contributed by atoms with Gasteiger partial charge >= 0.3 is 6.18 Å².